The first-order chi connectivity index (χ1) is 8.70. The highest BCUT2D eigenvalue weighted by Crippen LogP contribution is 2.10. The molecular formula is C13H14N4O. The summed E-state index contributed by atoms with van der Waals surface area (Å²) in [5, 5.41) is 2.74. The van der Waals surface area contributed by atoms with Crippen LogP contribution in [-0.2, 0) is 6.42 Å². The van der Waals surface area contributed by atoms with Gasteiger partial charge in [-0.1, -0.05) is 6.92 Å². The number of amides is 1. The molecule has 0 unspecified atom stereocenters. The standard InChI is InChI=1S/C13H14N4O/c1-3-11-10(7-14-8-16-11)13(18)17-12-6-9(2)4-5-15-12/h4-8H,3H2,1-2H3,(H,15,17,18). The van der Waals surface area contributed by atoms with E-state index in [0.29, 0.717) is 17.8 Å². The maximum absolute atomic E-state index is 12.1. The minimum absolute atomic E-state index is 0.231. The first kappa shape index (κ1) is 12.2. The van der Waals surface area contributed by atoms with Crippen LogP contribution in [0.4, 0.5) is 5.82 Å². The minimum Gasteiger partial charge on any atom is -0.306 e. The van der Waals surface area contributed by atoms with E-state index in [9.17, 15) is 4.79 Å². The van der Waals surface area contributed by atoms with Crippen LogP contribution in [0.5, 0.6) is 0 Å². The molecule has 0 aromatic carbocycles. The van der Waals surface area contributed by atoms with Crippen molar-refractivity contribution in [3.05, 3.63) is 47.7 Å². The van der Waals surface area contributed by atoms with E-state index >= 15 is 0 Å². The van der Waals surface area contributed by atoms with Gasteiger partial charge >= 0.3 is 0 Å². The van der Waals surface area contributed by atoms with E-state index in [1.165, 1.54) is 12.5 Å². The lowest BCUT2D eigenvalue weighted by atomic mass is 10.2. The van der Waals surface area contributed by atoms with Crippen molar-refractivity contribution in [3.8, 4) is 0 Å². The Labute approximate surface area is 105 Å². The second-order valence-electron chi connectivity index (χ2n) is 3.91. The lowest BCUT2D eigenvalue weighted by molar-refractivity contribution is 0.102. The van der Waals surface area contributed by atoms with Crippen LogP contribution in [0.3, 0.4) is 0 Å². The van der Waals surface area contributed by atoms with E-state index in [1.54, 1.807) is 6.20 Å². The summed E-state index contributed by atoms with van der Waals surface area (Å²) < 4.78 is 0. The lowest BCUT2D eigenvalue weighted by Gasteiger charge is -2.07. The maximum atomic E-state index is 12.1. The number of anilines is 1. The van der Waals surface area contributed by atoms with Crippen LogP contribution < -0.4 is 5.32 Å². The van der Waals surface area contributed by atoms with Crippen LogP contribution in [0.25, 0.3) is 0 Å². The van der Waals surface area contributed by atoms with Gasteiger partial charge < -0.3 is 5.32 Å². The van der Waals surface area contributed by atoms with E-state index in [0.717, 1.165) is 11.3 Å². The number of nitrogens with zero attached hydrogens (tertiary/aromatic N) is 3. The van der Waals surface area contributed by atoms with E-state index in [-0.39, 0.29) is 5.91 Å². The number of nitrogens with one attached hydrogen (secondary N) is 1. The van der Waals surface area contributed by atoms with Crippen molar-refractivity contribution in [1.29, 1.82) is 0 Å². The van der Waals surface area contributed by atoms with Gasteiger partial charge in [-0.2, -0.15) is 0 Å². The number of pyridine rings is 1. The fourth-order valence-corrected chi connectivity index (χ4v) is 1.61. The van der Waals surface area contributed by atoms with Crippen molar-refractivity contribution < 1.29 is 4.79 Å². The highest BCUT2D eigenvalue weighted by molar-refractivity contribution is 6.04. The molecule has 92 valence electrons. The zero-order chi connectivity index (χ0) is 13.0. The average Bonchev–Trinajstić information content (AvgIpc) is 2.38. The largest absolute Gasteiger partial charge is 0.306 e. The van der Waals surface area contributed by atoms with Crippen LogP contribution in [0.1, 0.15) is 28.5 Å². The molecule has 0 fully saturated rings. The summed E-state index contributed by atoms with van der Waals surface area (Å²) in [7, 11) is 0. The third-order valence-electron chi connectivity index (χ3n) is 2.53. The molecule has 2 heterocycles. The monoisotopic (exact) mass is 242 g/mol. The number of hydrogen-bond acceptors (Lipinski definition) is 4. The lowest BCUT2D eigenvalue weighted by Crippen LogP contribution is -2.16. The number of hydrogen-bond donors (Lipinski definition) is 1. The molecule has 1 amide bonds. The fraction of sp³-hybridized carbons (Fsp3) is 0.231. The van der Waals surface area contributed by atoms with Crippen molar-refractivity contribution in [1.82, 2.24) is 15.0 Å². The molecule has 0 aliphatic carbocycles. The molecular weight excluding hydrogens is 228 g/mol. The molecule has 0 bridgehead atoms. The van der Waals surface area contributed by atoms with Gasteiger partial charge in [0.2, 0.25) is 0 Å². The van der Waals surface area contributed by atoms with Crippen molar-refractivity contribution in [2.24, 2.45) is 0 Å². The van der Waals surface area contributed by atoms with Gasteiger partial charge in [0, 0.05) is 12.4 Å². The quantitative estimate of drug-likeness (QED) is 0.893. The van der Waals surface area contributed by atoms with E-state index in [1.807, 2.05) is 26.0 Å². The first-order valence-corrected chi connectivity index (χ1v) is 5.73. The molecule has 0 saturated heterocycles. The summed E-state index contributed by atoms with van der Waals surface area (Å²) in [5.41, 5.74) is 2.26. The second-order valence-corrected chi connectivity index (χ2v) is 3.91. The number of aryl methyl sites for hydroxylation is 2. The summed E-state index contributed by atoms with van der Waals surface area (Å²) in [4.78, 5) is 24.1. The molecule has 0 aliphatic heterocycles. The van der Waals surface area contributed by atoms with Crippen molar-refractivity contribution >= 4 is 11.7 Å². The van der Waals surface area contributed by atoms with Crippen molar-refractivity contribution in [3.63, 3.8) is 0 Å². The Balaban J connectivity index is 2.22. The van der Waals surface area contributed by atoms with Crippen LogP contribution in [-0.4, -0.2) is 20.9 Å². The topological polar surface area (TPSA) is 67.8 Å². The summed E-state index contributed by atoms with van der Waals surface area (Å²) in [6.45, 7) is 3.89. The van der Waals surface area contributed by atoms with Crippen molar-refractivity contribution in [2.75, 3.05) is 5.32 Å². The zero-order valence-electron chi connectivity index (χ0n) is 10.3. The molecule has 2 aromatic rings. The molecule has 0 saturated carbocycles. The van der Waals surface area contributed by atoms with E-state index < -0.39 is 0 Å². The first-order valence-electron chi connectivity index (χ1n) is 5.73. The Hall–Kier alpha value is -2.30. The maximum Gasteiger partial charge on any atom is 0.260 e. The number of carbonyl (C=O) groups is 1. The SMILES string of the molecule is CCc1ncncc1C(=O)Nc1cc(C)ccn1. The van der Waals surface area contributed by atoms with Gasteiger partial charge in [-0.05, 0) is 31.0 Å². The van der Waals surface area contributed by atoms with Crippen LogP contribution in [0, 0.1) is 6.92 Å². The van der Waals surface area contributed by atoms with Crippen LogP contribution >= 0.6 is 0 Å². The van der Waals surface area contributed by atoms with Gasteiger partial charge in [0.25, 0.3) is 5.91 Å². The molecule has 1 N–H and O–H groups in total. The smallest absolute Gasteiger partial charge is 0.260 e. The molecule has 0 aliphatic rings. The highest BCUT2D eigenvalue weighted by Gasteiger charge is 2.12. The number of aromatic nitrogens is 3. The second kappa shape index (κ2) is 5.35. The Morgan fingerprint density at radius 1 is 1.39 bits per heavy atom. The minimum atomic E-state index is -0.231. The number of carbonyl (C=O) groups excluding carboxylic acids is 1. The Morgan fingerprint density at radius 2 is 2.22 bits per heavy atom. The summed E-state index contributed by atoms with van der Waals surface area (Å²) in [6.07, 6.45) is 5.32. The molecule has 5 heteroatoms. The van der Waals surface area contributed by atoms with Crippen LogP contribution in [0.2, 0.25) is 0 Å². The Bertz CT molecular complexity index is 568. The molecule has 0 radical (unpaired) electrons. The average molecular weight is 242 g/mol. The van der Waals surface area contributed by atoms with E-state index in [2.05, 4.69) is 20.3 Å². The van der Waals surface area contributed by atoms with Gasteiger partial charge in [-0.15, -0.1) is 0 Å². The summed E-state index contributed by atoms with van der Waals surface area (Å²) in [6, 6.07) is 3.69. The molecule has 0 atom stereocenters. The third-order valence-corrected chi connectivity index (χ3v) is 2.53. The molecule has 2 aromatic heterocycles. The summed E-state index contributed by atoms with van der Waals surface area (Å²) in [5.74, 6) is 0.302. The number of rotatable bonds is 3. The predicted molar refractivity (Wildman–Crippen MR) is 68.3 cm³/mol. The van der Waals surface area contributed by atoms with E-state index in [4.69, 9.17) is 0 Å². The fourth-order valence-electron chi connectivity index (χ4n) is 1.61. The highest BCUT2D eigenvalue weighted by atomic mass is 16.1. The third kappa shape index (κ3) is 2.68. The molecule has 0 spiro atoms. The normalized spacial score (nSPS) is 10.1. The molecule has 5 nitrogen and oxygen atoms in total. The predicted octanol–water partition coefficient (Wildman–Crippen LogP) is 1.99. The van der Waals surface area contributed by atoms with Gasteiger partial charge in [0.15, 0.2) is 0 Å². The Kier molecular flexibility index (Phi) is 3.62. The van der Waals surface area contributed by atoms with Gasteiger partial charge in [0.05, 0.1) is 11.3 Å². The molecule has 18 heavy (non-hydrogen) atoms. The van der Waals surface area contributed by atoms with Crippen LogP contribution in [0.15, 0.2) is 30.9 Å². The Morgan fingerprint density at radius 3 is 2.94 bits per heavy atom. The van der Waals surface area contributed by atoms with Gasteiger partial charge in [-0.25, -0.2) is 15.0 Å². The summed E-state index contributed by atoms with van der Waals surface area (Å²) >= 11 is 0. The molecule has 2 rings (SSSR count). The van der Waals surface area contributed by atoms with Gasteiger partial charge in [0.1, 0.15) is 12.1 Å². The zero-order valence-corrected chi connectivity index (χ0v) is 10.3. The van der Waals surface area contributed by atoms with Gasteiger partial charge in [-0.3, -0.25) is 4.79 Å². The van der Waals surface area contributed by atoms with Crippen molar-refractivity contribution in [2.45, 2.75) is 20.3 Å².